The minimum atomic E-state index is -0.200. The highest BCUT2D eigenvalue weighted by molar-refractivity contribution is 6.36. The van der Waals surface area contributed by atoms with Crippen molar-refractivity contribution in [2.24, 2.45) is 0 Å². The molecule has 0 atom stereocenters. The van der Waals surface area contributed by atoms with Crippen LogP contribution >= 0.6 is 23.2 Å². The van der Waals surface area contributed by atoms with Gasteiger partial charge in [0.2, 0.25) is 5.88 Å². The summed E-state index contributed by atoms with van der Waals surface area (Å²) in [4.78, 5) is 12.5. The second kappa shape index (κ2) is 4.86. The molecule has 4 nitrogen and oxygen atoms in total. The number of nitrogens with zero attached hydrogens (tertiary/aromatic N) is 2. The van der Waals surface area contributed by atoms with Gasteiger partial charge < -0.3 is 5.11 Å². The van der Waals surface area contributed by atoms with Gasteiger partial charge in [-0.1, -0.05) is 23.2 Å². The lowest BCUT2D eigenvalue weighted by Gasteiger charge is -2.16. The zero-order chi connectivity index (χ0) is 14.4. The van der Waals surface area contributed by atoms with Crippen LogP contribution in [0.5, 0.6) is 5.88 Å². The minimum Gasteiger partial charge on any atom is -0.493 e. The smallest absolute Gasteiger partial charge is 0.278 e. The molecule has 106 valence electrons. The second-order valence-electron chi connectivity index (χ2n) is 5.04. The molecule has 6 heteroatoms. The van der Waals surface area contributed by atoms with Crippen LogP contribution in [0, 0.1) is 6.92 Å². The second-order valence-corrected chi connectivity index (χ2v) is 5.88. The first-order valence-electron chi connectivity index (χ1n) is 6.49. The normalized spacial score (nSPS) is 14.3. The van der Waals surface area contributed by atoms with Crippen molar-refractivity contribution in [2.45, 2.75) is 32.9 Å². The number of aromatic hydroxyl groups is 1. The molecule has 20 heavy (non-hydrogen) atoms. The number of fused-ring (bicyclic) bond motifs is 1. The highest BCUT2D eigenvalue weighted by Gasteiger charge is 2.25. The first kappa shape index (κ1) is 13.6. The summed E-state index contributed by atoms with van der Waals surface area (Å²) in [6, 6.07) is 3.33. The fourth-order valence-electron chi connectivity index (χ4n) is 2.79. The van der Waals surface area contributed by atoms with E-state index in [0.29, 0.717) is 28.7 Å². The van der Waals surface area contributed by atoms with Gasteiger partial charge in [-0.3, -0.25) is 9.48 Å². The summed E-state index contributed by atoms with van der Waals surface area (Å²) in [7, 11) is 0. The van der Waals surface area contributed by atoms with Gasteiger partial charge in [-0.2, -0.15) is 0 Å². The molecule has 1 aliphatic rings. The lowest BCUT2D eigenvalue weighted by atomic mass is 10.0. The van der Waals surface area contributed by atoms with E-state index in [2.05, 4.69) is 0 Å². The van der Waals surface area contributed by atoms with Crippen LogP contribution in [-0.4, -0.2) is 14.5 Å². The molecular formula is C14H14Cl2N2O2. The van der Waals surface area contributed by atoms with Crippen molar-refractivity contribution < 1.29 is 5.11 Å². The SMILES string of the molecule is Cc1cc(Cl)cc(Cl)c1-c1c(O)n2n(c1=O)CCCC2. The van der Waals surface area contributed by atoms with Crippen LogP contribution in [0.25, 0.3) is 11.1 Å². The number of aryl methyl sites for hydroxylation is 1. The highest BCUT2D eigenvalue weighted by atomic mass is 35.5. The predicted octanol–water partition coefficient (Wildman–Crippen LogP) is 3.43. The maximum absolute atomic E-state index is 12.5. The zero-order valence-electron chi connectivity index (χ0n) is 11.0. The van der Waals surface area contributed by atoms with Crippen LogP contribution in [0.1, 0.15) is 18.4 Å². The molecule has 0 aliphatic carbocycles. The molecule has 0 radical (unpaired) electrons. The Morgan fingerprint density at radius 2 is 1.75 bits per heavy atom. The summed E-state index contributed by atoms with van der Waals surface area (Å²) < 4.78 is 3.21. The van der Waals surface area contributed by atoms with Crippen LogP contribution in [-0.2, 0) is 13.1 Å². The standard InChI is InChI=1S/C14H14Cl2N2O2/c1-8-6-9(15)7-10(16)11(8)12-13(19)17-4-2-3-5-18(17)14(12)20/h6-7,19H,2-5H2,1H3. The van der Waals surface area contributed by atoms with Gasteiger partial charge in [-0.05, 0) is 37.5 Å². The van der Waals surface area contributed by atoms with Crippen LogP contribution in [0.15, 0.2) is 16.9 Å². The van der Waals surface area contributed by atoms with Crippen molar-refractivity contribution in [2.75, 3.05) is 0 Å². The van der Waals surface area contributed by atoms with Crippen LogP contribution < -0.4 is 5.56 Å². The quantitative estimate of drug-likeness (QED) is 0.877. The highest BCUT2D eigenvalue weighted by Crippen LogP contribution is 2.37. The van der Waals surface area contributed by atoms with Crippen molar-refractivity contribution in [3.8, 4) is 17.0 Å². The Hall–Kier alpha value is -1.39. The molecule has 1 N–H and O–H groups in total. The molecule has 0 fully saturated rings. The minimum absolute atomic E-state index is 0.0120. The average Bonchev–Trinajstić information content (AvgIpc) is 2.64. The molecular weight excluding hydrogens is 299 g/mol. The van der Waals surface area contributed by atoms with E-state index in [9.17, 15) is 9.90 Å². The summed E-state index contributed by atoms with van der Waals surface area (Å²) in [5, 5.41) is 11.3. The molecule has 1 aromatic carbocycles. The lowest BCUT2D eigenvalue weighted by molar-refractivity contribution is 0.305. The lowest BCUT2D eigenvalue weighted by Crippen LogP contribution is -2.27. The zero-order valence-corrected chi connectivity index (χ0v) is 12.5. The topological polar surface area (TPSA) is 47.2 Å². The number of benzene rings is 1. The van der Waals surface area contributed by atoms with Crippen molar-refractivity contribution in [1.82, 2.24) is 9.36 Å². The van der Waals surface area contributed by atoms with Crippen molar-refractivity contribution >= 4 is 23.2 Å². The van der Waals surface area contributed by atoms with Gasteiger partial charge in [0.1, 0.15) is 5.56 Å². The van der Waals surface area contributed by atoms with Gasteiger partial charge in [0.15, 0.2) is 0 Å². The summed E-state index contributed by atoms with van der Waals surface area (Å²) in [5.74, 6) is -0.0120. The van der Waals surface area contributed by atoms with Gasteiger partial charge in [-0.15, -0.1) is 0 Å². The fourth-order valence-corrected chi connectivity index (χ4v) is 3.48. The van der Waals surface area contributed by atoms with Gasteiger partial charge in [0, 0.05) is 23.7 Å². The first-order chi connectivity index (χ1) is 9.50. The van der Waals surface area contributed by atoms with E-state index in [1.807, 2.05) is 6.92 Å². The van der Waals surface area contributed by atoms with E-state index in [1.54, 1.807) is 21.5 Å². The Morgan fingerprint density at radius 1 is 1.10 bits per heavy atom. The number of halogens is 2. The van der Waals surface area contributed by atoms with E-state index >= 15 is 0 Å². The van der Waals surface area contributed by atoms with Crippen molar-refractivity contribution in [3.63, 3.8) is 0 Å². The summed E-state index contributed by atoms with van der Waals surface area (Å²) in [6.45, 7) is 3.09. The third kappa shape index (κ3) is 1.95. The first-order valence-corrected chi connectivity index (χ1v) is 7.25. The third-order valence-electron chi connectivity index (χ3n) is 3.70. The Bertz CT molecular complexity index is 723. The molecule has 3 rings (SSSR count). The maximum Gasteiger partial charge on any atom is 0.278 e. The van der Waals surface area contributed by atoms with Gasteiger partial charge >= 0.3 is 0 Å². The molecule has 0 saturated carbocycles. The summed E-state index contributed by atoms with van der Waals surface area (Å²) in [5.41, 5.74) is 1.41. The molecule has 2 aromatic rings. The third-order valence-corrected chi connectivity index (χ3v) is 4.22. The van der Waals surface area contributed by atoms with E-state index in [4.69, 9.17) is 23.2 Å². The Morgan fingerprint density at radius 3 is 2.35 bits per heavy atom. The van der Waals surface area contributed by atoms with E-state index < -0.39 is 0 Å². The monoisotopic (exact) mass is 312 g/mol. The number of aromatic nitrogens is 2. The fraction of sp³-hybridized carbons (Fsp3) is 0.357. The van der Waals surface area contributed by atoms with Crippen LogP contribution in [0.2, 0.25) is 10.0 Å². The number of hydrogen-bond donors (Lipinski definition) is 1. The Balaban J connectivity index is 2.32. The Labute approximate surface area is 126 Å². The summed E-state index contributed by atoms with van der Waals surface area (Å²) >= 11 is 12.2. The molecule has 0 saturated heterocycles. The maximum atomic E-state index is 12.5. The van der Waals surface area contributed by atoms with Gasteiger partial charge in [0.05, 0.1) is 5.02 Å². The van der Waals surface area contributed by atoms with Crippen molar-refractivity contribution in [1.29, 1.82) is 0 Å². The molecule has 0 spiro atoms. The largest absolute Gasteiger partial charge is 0.493 e. The molecule has 1 aromatic heterocycles. The summed E-state index contributed by atoms with van der Waals surface area (Å²) in [6.07, 6.45) is 1.89. The van der Waals surface area contributed by atoms with Crippen molar-refractivity contribution in [3.05, 3.63) is 38.1 Å². The Kier molecular flexibility index (Phi) is 3.30. The van der Waals surface area contributed by atoms with Crippen LogP contribution in [0.3, 0.4) is 0 Å². The van der Waals surface area contributed by atoms with E-state index in [-0.39, 0.29) is 17.0 Å². The van der Waals surface area contributed by atoms with E-state index in [0.717, 1.165) is 18.4 Å². The molecule has 0 bridgehead atoms. The number of rotatable bonds is 1. The van der Waals surface area contributed by atoms with Gasteiger partial charge in [-0.25, -0.2) is 4.68 Å². The molecule has 0 amide bonds. The predicted molar refractivity (Wildman–Crippen MR) is 79.8 cm³/mol. The average molecular weight is 313 g/mol. The number of hydrogen-bond acceptors (Lipinski definition) is 2. The van der Waals surface area contributed by atoms with E-state index in [1.165, 1.54) is 0 Å². The molecule has 2 heterocycles. The molecule has 0 unspecified atom stereocenters. The van der Waals surface area contributed by atoms with Crippen LogP contribution in [0.4, 0.5) is 0 Å². The van der Waals surface area contributed by atoms with Gasteiger partial charge in [0.25, 0.3) is 5.56 Å². The molecule has 1 aliphatic heterocycles.